The van der Waals surface area contributed by atoms with Gasteiger partial charge in [-0.3, -0.25) is 9.59 Å². The van der Waals surface area contributed by atoms with E-state index in [1.807, 2.05) is 17.0 Å². The molecule has 27 heavy (non-hydrogen) atoms. The van der Waals surface area contributed by atoms with E-state index in [4.69, 9.17) is 4.74 Å². The van der Waals surface area contributed by atoms with Gasteiger partial charge in [-0.2, -0.15) is 0 Å². The fourth-order valence-corrected chi connectivity index (χ4v) is 4.38. The van der Waals surface area contributed by atoms with E-state index in [0.717, 1.165) is 45.3 Å². The van der Waals surface area contributed by atoms with E-state index in [0.29, 0.717) is 19.6 Å². The molecule has 146 valence electrons. The molecule has 2 fully saturated rings. The van der Waals surface area contributed by atoms with Crippen LogP contribution in [0.2, 0.25) is 0 Å². The molecule has 6 heteroatoms. The molecule has 2 amide bonds. The Hall–Kier alpha value is -1.92. The molecular weight excluding hydrogens is 342 g/mol. The summed E-state index contributed by atoms with van der Waals surface area (Å²) >= 11 is 0. The van der Waals surface area contributed by atoms with Gasteiger partial charge in [-0.15, -0.1) is 0 Å². The molecule has 0 radical (unpaired) electrons. The summed E-state index contributed by atoms with van der Waals surface area (Å²) in [5.74, 6) is 0.292. The molecule has 0 saturated carbocycles. The molecule has 0 spiro atoms. The molecule has 1 unspecified atom stereocenters. The average molecular weight is 371 g/mol. The minimum atomic E-state index is -0.148. The SMILES string of the molecule is O=C(NCC1CCCO1)C1CCN(C(=O)[C@@H]2Cc3ccccc3CN2)CC1. The van der Waals surface area contributed by atoms with Gasteiger partial charge < -0.3 is 20.3 Å². The topological polar surface area (TPSA) is 70.7 Å². The van der Waals surface area contributed by atoms with Crippen molar-refractivity contribution in [1.29, 1.82) is 0 Å². The molecule has 1 aromatic carbocycles. The van der Waals surface area contributed by atoms with Crippen molar-refractivity contribution in [3.63, 3.8) is 0 Å². The van der Waals surface area contributed by atoms with Gasteiger partial charge in [0.05, 0.1) is 12.1 Å². The monoisotopic (exact) mass is 371 g/mol. The highest BCUT2D eigenvalue weighted by Crippen LogP contribution is 2.22. The highest BCUT2D eigenvalue weighted by Gasteiger charge is 2.32. The lowest BCUT2D eigenvalue weighted by molar-refractivity contribution is -0.137. The van der Waals surface area contributed by atoms with Gasteiger partial charge in [0.15, 0.2) is 0 Å². The van der Waals surface area contributed by atoms with Crippen LogP contribution in [0.1, 0.15) is 36.8 Å². The van der Waals surface area contributed by atoms with Crippen molar-refractivity contribution in [3.8, 4) is 0 Å². The number of amides is 2. The largest absolute Gasteiger partial charge is 0.376 e. The number of hydrogen-bond donors (Lipinski definition) is 2. The van der Waals surface area contributed by atoms with E-state index < -0.39 is 0 Å². The molecule has 0 aromatic heterocycles. The number of benzene rings is 1. The number of carbonyl (C=O) groups excluding carboxylic acids is 2. The fraction of sp³-hybridized carbons (Fsp3) is 0.619. The van der Waals surface area contributed by atoms with Crippen LogP contribution in [0.15, 0.2) is 24.3 Å². The summed E-state index contributed by atoms with van der Waals surface area (Å²) < 4.78 is 5.56. The molecule has 0 aliphatic carbocycles. The van der Waals surface area contributed by atoms with E-state index in [-0.39, 0.29) is 29.9 Å². The van der Waals surface area contributed by atoms with Crippen molar-refractivity contribution in [2.75, 3.05) is 26.2 Å². The Morgan fingerprint density at radius 3 is 2.67 bits per heavy atom. The molecule has 3 aliphatic rings. The molecule has 0 bridgehead atoms. The number of likely N-dealkylation sites (tertiary alicyclic amines) is 1. The molecule has 3 aliphatic heterocycles. The number of nitrogens with one attached hydrogen (secondary N) is 2. The van der Waals surface area contributed by atoms with Crippen LogP contribution in [0, 0.1) is 5.92 Å². The quantitative estimate of drug-likeness (QED) is 0.835. The normalized spacial score (nSPS) is 25.9. The molecule has 6 nitrogen and oxygen atoms in total. The predicted molar refractivity (Wildman–Crippen MR) is 102 cm³/mol. The minimum absolute atomic E-state index is 0.00972. The molecule has 1 aromatic rings. The first-order valence-corrected chi connectivity index (χ1v) is 10.2. The van der Waals surface area contributed by atoms with Crippen LogP contribution in [-0.4, -0.2) is 55.1 Å². The van der Waals surface area contributed by atoms with Crippen LogP contribution in [0.5, 0.6) is 0 Å². The standard InChI is InChI=1S/C21H29N3O3/c25-20(23-14-18-6-3-11-27-18)15-7-9-24(10-8-15)21(26)19-12-16-4-1-2-5-17(16)13-22-19/h1-2,4-5,15,18-19,22H,3,6-14H2,(H,23,25)/t18?,19-/m0/s1. The number of ether oxygens (including phenoxy) is 1. The van der Waals surface area contributed by atoms with Gasteiger partial charge >= 0.3 is 0 Å². The Morgan fingerprint density at radius 1 is 1.15 bits per heavy atom. The third kappa shape index (κ3) is 4.33. The van der Waals surface area contributed by atoms with E-state index in [1.54, 1.807) is 0 Å². The summed E-state index contributed by atoms with van der Waals surface area (Å²) in [7, 11) is 0. The van der Waals surface area contributed by atoms with Crippen LogP contribution >= 0.6 is 0 Å². The zero-order valence-corrected chi connectivity index (χ0v) is 15.8. The van der Waals surface area contributed by atoms with E-state index in [9.17, 15) is 9.59 Å². The summed E-state index contributed by atoms with van der Waals surface area (Å²) in [6, 6.07) is 8.15. The van der Waals surface area contributed by atoms with Crippen LogP contribution in [0.25, 0.3) is 0 Å². The van der Waals surface area contributed by atoms with E-state index in [2.05, 4.69) is 22.8 Å². The lowest BCUT2D eigenvalue weighted by atomic mass is 9.92. The summed E-state index contributed by atoms with van der Waals surface area (Å²) in [4.78, 5) is 27.2. The number of piperidine rings is 1. The molecule has 2 saturated heterocycles. The first-order chi connectivity index (χ1) is 13.2. The second-order valence-electron chi connectivity index (χ2n) is 7.89. The van der Waals surface area contributed by atoms with Gasteiger partial charge in [0.25, 0.3) is 0 Å². The van der Waals surface area contributed by atoms with Crippen molar-refractivity contribution >= 4 is 11.8 Å². The maximum absolute atomic E-state index is 12.9. The number of rotatable bonds is 4. The van der Waals surface area contributed by atoms with Gasteiger partial charge in [0.2, 0.25) is 11.8 Å². The number of fused-ring (bicyclic) bond motifs is 1. The molecule has 2 atom stereocenters. The predicted octanol–water partition coefficient (Wildman–Crippen LogP) is 1.23. The lowest BCUT2D eigenvalue weighted by Gasteiger charge is -2.35. The van der Waals surface area contributed by atoms with Crippen LogP contribution in [-0.2, 0) is 27.3 Å². The van der Waals surface area contributed by atoms with Crippen molar-refractivity contribution in [1.82, 2.24) is 15.5 Å². The maximum Gasteiger partial charge on any atom is 0.240 e. The number of carbonyl (C=O) groups is 2. The van der Waals surface area contributed by atoms with Gasteiger partial charge in [0, 0.05) is 38.7 Å². The van der Waals surface area contributed by atoms with Crippen LogP contribution < -0.4 is 10.6 Å². The Labute approximate surface area is 160 Å². The minimum Gasteiger partial charge on any atom is -0.376 e. The highest BCUT2D eigenvalue weighted by atomic mass is 16.5. The fourth-order valence-electron chi connectivity index (χ4n) is 4.38. The lowest BCUT2D eigenvalue weighted by Crippen LogP contribution is -2.52. The van der Waals surface area contributed by atoms with Crippen LogP contribution in [0.4, 0.5) is 0 Å². The van der Waals surface area contributed by atoms with Gasteiger partial charge in [-0.25, -0.2) is 0 Å². The second kappa shape index (κ2) is 8.40. The zero-order valence-electron chi connectivity index (χ0n) is 15.8. The third-order valence-corrected chi connectivity index (χ3v) is 6.08. The van der Waals surface area contributed by atoms with Gasteiger partial charge in [-0.05, 0) is 43.2 Å². The van der Waals surface area contributed by atoms with Gasteiger partial charge in [-0.1, -0.05) is 24.3 Å². The average Bonchev–Trinajstić information content (AvgIpc) is 3.25. The first kappa shape index (κ1) is 18.4. The molecule has 2 N–H and O–H groups in total. The molecule has 4 rings (SSSR count). The summed E-state index contributed by atoms with van der Waals surface area (Å²) in [6.07, 6.45) is 4.53. The summed E-state index contributed by atoms with van der Waals surface area (Å²) in [5, 5.41) is 6.41. The summed E-state index contributed by atoms with van der Waals surface area (Å²) in [5.41, 5.74) is 2.54. The second-order valence-corrected chi connectivity index (χ2v) is 7.89. The Bertz CT molecular complexity index is 679. The molecule has 3 heterocycles. The van der Waals surface area contributed by atoms with Crippen molar-refractivity contribution in [2.24, 2.45) is 5.92 Å². The van der Waals surface area contributed by atoms with Crippen molar-refractivity contribution < 1.29 is 14.3 Å². The van der Waals surface area contributed by atoms with Crippen molar-refractivity contribution in [3.05, 3.63) is 35.4 Å². The highest BCUT2D eigenvalue weighted by molar-refractivity contribution is 5.83. The first-order valence-electron chi connectivity index (χ1n) is 10.2. The smallest absolute Gasteiger partial charge is 0.240 e. The Morgan fingerprint density at radius 2 is 1.93 bits per heavy atom. The summed E-state index contributed by atoms with van der Waals surface area (Å²) in [6.45, 7) is 3.49. The maximum atomic E-state index is 12.9. The number of hydrogen-bond acceptors (Lipinski definition) is 4. The van der Waals surface area contributed by atoms with Gasteiger partial charge in [0.1, 0.15) is 0 Å². The number of nitrogens with zero attached hydrogens (tertiary/aromatic N) is 1. The third-order valence-electron chi connectivity index (χ3n) is 6.08. The van der Waals surface area contributed by atoms with E-state index >= 15 is 0 Å². The molecular formula is C21H29N3O3. The zero-order chi connectivity index (χ0) is 18.6. The Balaban J connectivity index is 1.24. The Kier molecular flexibility index (Phi) is 5.74. The van der Waals surface area contributed by atoms with E-state index in [1.165, 1.54) is 11.1 Å². The van der Waals surface area contributed by atoms with Crippen LogP contribution in [0.3, 0.4) is 0 Å². The van der Waals surface area contributed by atoms with Crippen molar-refractivity contribution in [2.45, 2.75) is 50.8 Å².